The van der Waals surface area contributed by atoms with Crippen molar-refractivity contribution in [3.63, 3.8) is 0 Å². The van der Waals surface area contributed by atoms with Gasteiger partial charge >= 0.3 is 5.91 Å². The number of hydrogen-bond donors (Lipinski definition) is 0. The van der Waals surface area contributed by atoms with E-state index in [0.717, 1.165) is 11.1 Å². The Bertz CT molecular complexity index is 870. The summed E-state index contributed by atoms with van der Waals surface area (Å²) in [6.45, 7) is 6.12. The van der Waals surface area contributed by atoms with Crippen LogP contribution in [0.1, 0.15) is 31.9 Å². The summed E-state index contributed by atoms with van der Waals surface area (Å²) in [5, 5.41) is 1.10. The lowest BCUT2D eigenvalue weighted by atomic mass is 9.88. The number of nitrogens with zero attached hydrogens (tertiary/aromatic N) is 1. The lowest BCUT2D eigenvalue weighted by Gasteiger charge is -2.47. The van der Waals surface area contributed by atoms with E-state index in [9.17, 15) is 4.79 Å². The molecule has 2 aromatic rings. The van der Waals surface area contributed by atoms with E-state index in [1.54, 1.807) is 6.07 Å². The number of carbonyl (C=O) groups is 1. The minimum absolute atomic E-state index is 0.0149. The van der Waals surface area contributed by atoms with E-state index in [0.29, 0.717) is 21.4 Å². The molecule has 0 aliphatic carbocycles. The monoisotopic (exact) mass is 390 g/mol. The van der Waals surface area contributed by atoms with Gasteiger partial charge in [-0.1, -0.05) is 53.5 Å². The van der Waals surface area contributed by atoms with Gasteiger partial charge in [-0.3, -0.25) is 0 Å². The molecule has 3 nitrogen and oxygen atoms in total. The van der Waals surface area contributed by atoms with Crippen molar-refractivity contribution < 1.29 is 14.0 Å². The second kappa shape index (κ2) is 6.73. The van der Waals surface area contributed by atoms with Gasteiger partial charge in [-0.05, 0) is 44.5 Å². The largest absolute Gasteiger partial charge is 0.448 e. The van der Waals surface area contributed by atoms with E-state index in [2.05, 4.69) is 0 Å². The first-order chi connectivity index (χ1) is 12.2. The molecule has 136 valence electrons. The van der Waals surface area contributed by atoms with E-state index in [1.807, 2.05) is 70.3 Å². The smallest absolute Gasteiger partial charge is 0.353 e. The number of amides is 1. The van der Waals surface area contributed by atoms with Crippen LogP contribution >= 0.6 is 23.2 Å². The van der Waals surface area contributed by atoms with E-state index in [4.69, 9.17) is 27.9 Å². The predicted octanol–water partition coefficient (Wildman–Crippen LogP) is 5.62. The molecule has 0 bridgehead atoms. The van der Waals surface area contributed by atoms with Crippen LogP contribution in [0.25, 0.3) is 5.57 Å². The van der Waals surface area contributed by atoms with Gasteiger partial charge in [-0.15, -0.1) is 0 Å². The van der Waals surface area contributed by atoms with E-state index >= 15 is 0 Å². The van der Waals surface area contributed by atoms with Crippen LogP contribution in [0.5, 0.6) is 0 Å². The van der Waals surface area contributed by atoms with Crippen molar-refractivity contribution in [3.05, 3.63) is 75.5 Å². The molecule has 1 aliphatic rings. The van der Waals surface area contributed by atoms with Gasteiger partial charge in [0.1, 0.15) is 16.9 Å². The Morgan fingerprint density at radius 3 is 2.19 bits per heavy atom. The molecule has 0 fully saturated rings. The predicted molar refractivity (Wildman–Crippen MR) is 106 cm³/mol. The molecule has 0 radical (unpaired) electrons. The molecule has 0 spiro atoms. The molecule has 1 aliphatic heterocycles. The average molecular weight is 391 g/mol. The normalized spacial score (nSPS) is 20.9. The van der Waals surface area contributed by atoms with Crippen LogP contribution < -0.4 is 0 Å². The van der Waals surface area contributed by atoms with Crippen LogP contribution in [0.15, 0.2) is 54.3 Å². The Morgan fingerprint density at radius 2 is 1.62 bits per heavy atom. The Labute approximate surface area is 164 Å². The van der Waals surface area contributed by atoms with Crippen LogP contribution in [0.2, 0.25) is 10.0 Å². The van der Waals surface area contributed by atoms with Gasteiger partial charge in [0.2, 0.25) is 6.73 Å². The highest BCUT2D eigenvalue weighted by molar-refractivity contribution is 6.34. The number of allylic oxidation sites excluding steroid dienone is 1. The lowest BCUT2D eigenvalue weighted by Crippen LogP contribution is -2.63. The average Bonchev–Trinajstić information content (AvgIpc) is 2.58. The van der Waals surface area contributed by atoms with Crippen LogP contribution in [-0.2, 0) is 15.1 Å². The summed E-state index contributed by atoms with van der Waals surface area (Å²) in [4.78, 5) is 13.6. The number of likely N-dealkylation sites (N-methyl/N-ethyl adjacent to an activating group) is 1. The zero-order chi connectivity index (χ0) is 19.1. The second-order valence-electron chi connectivity index (χ2n) is 7.28. The minimum Gasteiger partial charge on any atom is -0.448 e. The summed E-state index contributed by atoms with van der Waals surface area (Å²) >= 11 is 12.4. The first-order valence-corrected chi connectivity index (χ1v) is 9.18. The molecule has 1 atom stereocenters. The summed E-state index contributed by atoms with van der Waals surface area (Å²) in [5.41, 5.74) is 1.77. The summed E-state index contributed by atoms with van der Waals surface area (Å²) in [7, 11) is 1.90. The van der Waals surface area contributed by atoms with Gasteiger partial charge in [-0.25, -0.2) is 9.28 Å². The first kappa shape index (κ1) is 19.0. The molecule has 0 saturated heterocycles. The van der Waals surface area contributed by atoms with Crippen LogP contribution in [-0.4, -0.2) is 24.2 Å². The second-order valence-corrected chi connectivity index (χ2v) is 8.16. The maximum atomic E-state index is 13.6. The SMILES string of the molecule is CC1=C(c2ccccc2)C(=O)[N+](C)(C(C)(C)c2cc(Cl)cc(Cl)c2)CO1. The highest BCUT2D eigenvalue weighted by atomic mass is 35.5. The summed E-state index contributed by atoms with van der Waals surface area (Å²) in [6, 6.07) is 15.0. The molecule has 3 rings (SSSR count). The van der Waals surface area contributed by atoms with Crippen molar-refractivity contribution in [2.24, 2.45) is 0 Å². The van der Waals surface area contributed by atoms with E-state index in [1.165, 1.54) is 0 Å². The summed E-state index contributed by atoms with van der Waals surface area (Å²) in [6.07, 6.45) is 0. The number of hydrogen-bond acceptors (Lipinski definition) is 2. The Kier molecular flexibility index (Phi) is 4.91. The van der Waals surface area contributed by atoms with Crippen LogP contribution in [0.4, 0.5) is 0 Å². The lowest BCUT2D eigenvalue weighted by molar-refractivity contribution is -0.908. The zero-order valence-electron chi connectivity index (χ0n) is 15.3. The van der Waals surface area contributed by atoms with Crippen molar-refractivity contribution in [2.45, 2.75) is 26.3 Å². The van der Waals surface area contributed by atoms with Gasteiger partial charge in [0.15, 0.2) is 0 Å². The fourth-order valence-corrected chi connectivity index (χ4v) is 3.82. The Balaban J connectivity index is 2.11. The molecular weight excluding hydrogens is 369 g/mol. The molecule has 2 aromatic carbocycles. The van der Waals surface area contributed by atoms with Gasteiger partial charge in [0.25, 0.3) is 0 Å². The van der Waals surface area contributed by atoms with Crippen molar-refractivity contribution >= 4 is 34.7 Å². The molecular formula is C21H22Cl2NO2+. The number of rotatable bonds is 3. The number of quaternary nitrogens is 1. The van der Waals surface area contributed by atoms with E-state index in [-0.39, 0.29) is 17.1 Å². The van der Waals surface area contributed by atoms with Crippen molar-refractivity contribution in [1.29, 1.82) is 0 Å². The quantitative estimate of drug-likeness (QED) is 0.635. The number of carbonyl (C=O) groups excluding carboxylic acids is 1. The molecule has 0 N–H and O–H groups in total. The minimum atomic E-state index is -0.591. The van der Waals surface area contributed by atoms with E-state index < -0.39 is 5.54 Å². The third-order valence-electron chi connectivity index (χ3n) is 5.42. The number of ether oxygens (including phenoxy) is 1. The van der Waals surface area contributed by atoms with Crippen LogP contribution in [0, 0.1) is 0 Å². The molecule has 1 unspecified atom stereocenters. The maximum absolute atomic E-state index is 13.6. The zero-order valence-corrected chi connectivity index (χ0v) is 16.9. The third kappa shape index (κ3) is 3.05. The van der Waals surface area contributed by atoms with Crippen LogP contribution in [0.3, 0.4) is 0 Å². The van der Waals surface area contributed by atoms with Gasteiger partial charge in [0.05, 0.1) is 7.05 Å². The molecule has 1 heterocycles. The molecule has 5 heteroatoms. The van der Waals surface area contributed by atoms with Gasteiger partial charge < -0.3 is 4.74 Å². The fraction of sp³-hybridized carbons (Fsp3) is 0.286. The Morgan fingerprint density at radius 1 is 1.04 bits per heavy atom. The summed E-state index contributed by atoms with van der Waals surface area (Å²) < 4.78 is 6.03. The standard InChI is InChI=1S/C21H22Cl2NO2/c1-14-19(15-8-6-5-7-9-15)20(25)24(4,13-26-14)21(2,3)16-10-17(22)12-18(23)11-16/h5-12H,13H2,1-4H3/q+1. The van der Waals surface area contributed by atoms with Crippen molar-refractivity contribution in [3.8, 4) is 0 Å². The maximum Gasteiger partial charge on any atom is 0.353 e. The Hall–Kier alpha value is -1.81. The molecule has 0 aromatic heterocycles. The van der Waals surface area contributed by atoms with Gasteiger partial charge in [0, 0.05) is 15.6 Å². The highest BCUT2D eigenvalue weighted by Gasteiger charge is 2.52. The molecule has 1 amide bonds. The first-order valence-electron chi connectivity index (χ1n) is 8.43. The number of benzene rings is 2. The van der Waals surface area contributed by atoms with Crippen molar-refractivity contribution in [2.75, 3.05) is 13.8 Å². The fourth-order valence-electron chi connectivity index (χ4n) is 3.29. The van der Waals surface area contributed by atoms with Crippen molar-refractivity contribution in [1.82, 2.24) is 0 Å². The third-order valence-corrected chi connectivity index (χ3v) is 5.86. The highest BCUT2D eigenvalue weighted by Crippen LogP contribution is 2.41. The molecule has 0 saturated carbocycles. The molecule has 26 heavy (non-hydrogen) atoms. The van der Waals surface area contributed by atoms with Gasteiger partial charge in [-0.2, -0.15) is 0 Å². The number of halogens is 2. The summed E-state index contributed by atoms with van der Waals surface area (Å²) in [5.74, 6) is 0.665. The topological polar surface area (TPSA) is 26.3 Å².